The molecule has 1 aliphatic rings. The van der Waals surface area contributed by atoms with Crippen molar-refractivity contribution in [1.29, 1.82) is 5.26 Å². The second-order valence-corrected chi connectivity index (χ2v) is 8.99. The quantitative estimate of drug-likeness (QED) is 0.308. The van der Waals surface area contributed by atoms with Crippen molar-refractivity contribution in [3.05, 3.63) is 76.2 Å². The Morgan fingerprint density at radius 1 is 1.22 bits per heavy atom. The Bertz CT molecular complexity index is 1330. The second kappa shape index (κ2) is 10.4. The summed E-state index contributed by atoms with van der Waals surface area (Å²) in [4.78, 5) is 17.4. The lowest BCUT2D eigenvalue weighted by Crippen LogP contribution is -2.36. The fraction of sp³-hybridized carbons (Fsp3) is 0.280. The molecule has 186 valence electrons. The van der Waals surface area contributed by atoms with Crippen LogP contribution in [0.15, 0.2) is 53.5 Å². The number of anilines is 1. The Hall–Kier alpha value is -3.84. The molecule has 0 unspecified atom stereocenters. The normalized spacial score (nSPS) is 14.5. The number of aliphatic imine (C=N–C) groups is 1. The largest absolute Gasteiger partial charge is 0.325 e. The number of hydrogen-bond acceptors (Lipinski definition) is 4. The summed E-state index contributed by atoms with van der Waals surface area (Å²) in [6.07, 6.45) is 3.39. The number of rotatable bonds is 5. The van der Waals surface area contributed by atoms with Crippen LogP contribution in [0, 0.1) is 17.1 Å². The Kier molecular flexibility index (Phi) is 7.31. The minimum atomic E-state index is -3.20. The molecule has 36 heavy (non-hydrogen) atoms. The van der Waals surface area contributed by atoms with E-state index in [0.29, 0.717) is 0 Å². The van der Waals surface area contributed by atoms with E-state index in [2.05, 4.69) is 20.7 Å². The molecule has 0 aliphatic heterocycles. The first kappa shape index (κ1) is 25.3. The van der Waals surface area contributed by atoms with Crippen molar-refractivity contribution in [2.24, 2.45) is 4.99 Å². The minimum Gasteiger partial charge on any atom is -0.325 e. The van der Waals surface area contributed by atoms with Gasteiger partial charge in [0.05, 0.1) is 17.7 Å². The summed E-state index contributed by atoms with van der Waals surface area (Å²) in [6.45, 7) is 0.750. The topological polar surface area (TPSA) is 95.1 Å². The first-order valence-corrected chi connectivity index (χ1v) is 11.6. The number of carbonyl (C=O) groups is 1. The zero-order valence-corrected chi connectivity index (χ0v) is 20.0. The number of amides is 1. The molecule has 1 amide bonds. The maximum atomic E-state index is 14.1. The van der Waals surface area contributed by atoms with Crippen LogP contribution in [-0.4, -0.2) is 21.6 Å². The molecule has 0 spiro atoms. The van der Waals surface area contributed by atoms with Gasteiger partial charge in [0.15, 0.2) is 5.82 Å². The van der Waals surface area contributed by atoms with Crippen LogP contribution in [0.1, 0.15) is 60.3 Å². The summed E-state index contributed by atoms with van der Waals surface area (Å²) in [7, 11) is 0. The Balaban J connectivity index is 1.75. The van der Waals surface area contributed by atoms with Crippen molar-refractivity contribution in [2.75, 3.05) is 5.32 Å². The molecule has 0 atom stereocenters. The number of alkyl halides is 2. The zero-order chi connectivity index (χ0) is 25.9. The molecule has 2 N–H and O–H groups in total. The van der Waals surface area contributed by atoms with E-state index in [4.69, 9.17) is 16.9 Å². The highest BCUT2D eigenvalue weighted by atomic mass is 35.5. The fourth-order valence-corrected chi connectivity index (χ4v) is 4.20. The van der Waals surface area contributed by atoms with Crippen LogP contribution in [0.25, 0.3) is 0 Å². The van der Waals surface area contributed by atoms with Crippen LogP contribution in [0.2, 0.25) is 5.02 Å². The van der Waals surface area contributed by atoms with Crippen LogP contribution >= 0.6 is 11.6 Å². The van der Waals surface area contributed by atoms with Gasteiger partial charge in [0, 0.05) is 29.3 Å². The van der Waals surface area contributed by atoms with Gasteiger partial charge in [-0.3, -0.25) is 10.1 Å². The van der Waals surface area contributed by atoms with Gasteiger partial charge in [0.2, 0.25) is 5.96 Å². The predicted octanol–water partition coefficient (Wildman–Crippen LogP) is 6.30. The lowest BCUT2D eigenvalue weighted by atomic mass is 10.1. The molecule has 1 saturated carbocycles. The minimum absolute atomic E-state index is 0.105. The van der Waals surface area contributed by atoms with Crippen LogP contribution in [0.4, 0.5) is 24.7 Å². The summed E-state index contributed by atoms with van der Waals surface area (Å²) in [5, 5.41) is 18.7. The van der Waals surface area contributed by atoms with Gasteiger partial charge in [-0.2, -0.15) is 24.1 Å². The average molecular weight is 515 g/mol. The summed E-state index contributed by atoms with van der Waals surface area (Å²) >= 11 is 5.96. The number of nitrogens with one attached hydrogen (secondary N) is 2. The molecule has 0 saturated heterocycles. The number of benzene rings is 2. The fourth-order valence-electron chi connectivity index (χ4n) is 3.97. The van der Waals surface area contributed by atoms with Crippen LogP contribution in [0.5, 0.6) is 0 Å². The smallest absolute Gasteiger partial charge is 0.288 e. The SMILES string of the molecule is CC(F)(F)c1cc(N=C(NC(=O)c2cccc(C#N)c2)Nc2cc(F)cc(Cl)c2)n(C2CCCC2)n1. The van der Waals surface area contributed by atoms with Crippen LogP contribution in [-0.2, 0) is 5.92 Å². The second-order valence-electron chi connectivity index (χ2n) is 8.55. The van der Waals surface area contributed by atoms with Crippen molar-refractivity contribution >= 4 is 35.0 Å². The third-order valence-electron chi connectivity index (χ3n) is 5.67. The predicted molar refractivity (Wildman–Crippen MR) is 130 cm³/mol. The van der Waals surface area contributed by atoms with E-state index >= 15 is 0 Å². The number of carbonyl (C=O) groups excluding carboxylic acids is 1. The number of nitrogens with zero attached hydrogens (tertiary/aromatic N) is 4. The van der Waals surface area contributed by atoms with Crippen LogP contribution in [0.3, 0.4) is 0 Å². The molecule has 2 aromatic carbocycles. The number of aromatic nitrogens is 2. The number of halogens is 4. The first-order chi connectivity index (χ1) is 17.1. The van der Waals surface area contributed by atoms with E-state index < -0.39 is 23.3 Å². The molecule has 1 heterocycles. The molecular weight excluding hydrogens is 493 g/mol. The van der Waals surface area contributed by atoms with Gasteiger partial charge in [-0.1, -0.05) is 30.5 Å². The van der Waals surface area contributed by atoms with E-state index in [0.717, 1.165) is 44.7 Å². The van der Waals surface area contributed by atoms with E-state index in [9.17, 15) is 18.0 Å². The molecule has 4 rings (SSSR count). The average Bonchev–Trinajstić information content (AvgIpc) is 3.48. The monoisotopic (exact) mass is 514 g/mol. The van der Waals surface area contributed by atoms with Crippen molar-refractivity contribution < 1.29 is 18.0 Å². The van der Waals surface area contributed by atoms with E-state index in [-0.39, 0.29) is 39.7 Å². The third kappa shape index (κ3) is 6.04. The van der Waals surface area contributed by atoms with Crippen molar-refractivity contribution in [1.82, 2.24) is 15.1 Å². The number of nitriles is 1. The molecule has 3 aromatic rings. The maximum Gasteiger partial charge on any atom is 0.288 e. The summed E-state index contributed by atoms with van der Waals surface area (Å²) in [5.74, 6) is -4.49. The van der Waals surface area contributed by atoms with Gasteiger partial charge in [-0.05, 0) is 49.2 Å². The molecule has 1 aromatic heterocycles. The summed E-state index contributed by atoms with van der Waals surface area (Å²) in [5.41, 5.74) is 0.179. The Morgan fingerprint density at radius 3 is 2.64 bits per heavy atom. The standard InChI is InChI=1S/C25H22ClF3N6O/c1-25(28,29)21-13-22(35(34-21)20-7-2-3-8-20)32-24(31-19-11-17(26)10-18(27)12-19)33-23(36)16-6-4-5-15(9-16)14-30/h4-6,9-13,20H,2-3,7-8H2,1H3,(H2,31,32,33,36). The number of hydrogen-bond donors (Lipinski definition) is 2. The highest BCUT2D eigenvalue weighted by molar-refractivity contribution is 6.31. The molecule has 1 fully saturated rings. The van der Waals surface area contributed by atoms with Gasteiger partial charge < -0.3 is 5.32 Å². The maximum absolute atomic E-state index is 14.1. The molecule has 1 aliphatic carbocycles. The summed E-state index contributed by atoms with van der Waals surface area (Å²) < 4.78 is 43.6. The molecular formula is C25H22ClF3N6O. The Morgan fingerprint density at radius 2 is 1.97 bits per heavy atom. The van der Waals surface area contributed by atoms with Crippen LogP contribution < -0.4 is 10.6 Å². The first-order valence-electron chi connectivity index (χ1n) is 11.2. The van der Waals surface area contributed by atoms with E-state index in [1.54, 1.807) is 12.1 Å². The lowest BCUT2D eigenvalue weighted by molar-refractivity contribution is 0.0119. The zero-order valence-electron chi connectivity index (χ0n) is 19.2. The molecule has 11 heteroatoms. The lowest BCUT2D eigenvalue weighted by Gasteiger charge is -2.15. The van der Waals surface area contributed by atoms with E-state index in [1.165, 1.54) is 28.9 Å². The van der Waals surface area contributed by atoms with E-state index in [1.807, 2.05) is 6.07 Å². The molecule has 7 nitrogen and oxygen atoms in total. The van der Waals surface area contributed by atoms with Crippen molar-refractivity contribution in [3.8, 4) is 6.07 Å². The van der Waals surface area contributed by atoms with Gasteiger partial charge in [-0.15, -0.1) is 0 Å². The number of guanidine groups is 1. The van der Waals surface area contributed by atoms with Gasteiger partial charge >= 0.3 is 0 Å². The Labute approximate surface area is 210 Å². The highest BCUT2D eigenvalue weighted by Gasteiger charge is 2.31. The highest BCUT2D eigenvalue weighted by Crippen LogP contribution is 2.36. The summed E-state index contributed by atoms with van der Waals surface area (Å²) in [6, 6.07) is 12.7. The van der Waals surface area contributed by atoms with Gasteiger partial charge in [-0.25, -0.2) is 9.07 Å². The van der Waals surface area contributed by atoms with Crippen molar-refractivity contribution in [3.63, 3.8) is 0 Å². The van der Waals surface area contributed by atoms with Gasteiger partial charge in [0.1, 0.15) is 11.5 Å². The molecule has 0 radical (unpaired) electrons. The molecule has 0 bridgehead atoms. The third-order valence-corrected chi connectivity index (χ3v) is 5.89. The van der Waals surface area contributed by atoms with Crippen molar-refractivity contribution in [2.45, 2.75) is 44.6 Å². The van der Waals surface area contributed by atoms with Gasteiger partial charge in [0.25, 0.3) is 11.8 Å².